The van der Waals surface area contributed by atoms with Crippen LogP contribution in [0.5, 0.6) is 0 Å². The molecule has 1 aliphatic heterocycles. The van der Waals surface area contributed by atoms with Crippen molar-refractivity contribution < 1.29 is 0 Å². The molecule has 2 heteroatoms. The van der Waals surface area contributed by atoms with Crippen molar-refractivity contribution in [3.63, 3.8) is 0 Å². The van der Waals surface area contributed by atoms with Crippen molar-refractivity contribution in [2.45, 2.75) is 58.0 Å². The van der Waals surface area contributed by atoms with Gasteiger partial charge in [0.25, 0.3) is 0 Å². The van der Waals surface area contributed by atoms with Crippen LogP contribution in [-0.2, 0) is 6.42 Å². The first-order valence-electron chi connectivity index (χ1n) is 7.65. The molecule has 2 unspecified atom stereocenters. The lowest BCUT2D eigenvalue weighted by molar-refractivity contribution is 0.388. The Hall–Kier alpha value is -1.28. The maximum absolute atomic E-state index is 3.76. The van der Waals surface area contributed by atoms with Crippen LogP contribution in [-0.4, -0.2) is 11.0 Å². The highest BCUT2D eigenvalue weighted by Crippen LogP contribution is 2.33. The third kappa shape index (κ3) is 2.42. The van der Waals surface area contributed by atoms with Gasteiger partial charge in [-0.1, -0.05) is 44.4 Å². The molecule has 2 atom stereocenters. The van der Waals surface area contributed by atoms with Crippen LogP contribution in [0.15, 0.2) is 24.3 Å². The van der Waals surface area contributed by atoms with Crippen molar-refractivity contribution in [1.82, 2.24) is 10.3 Å². The summed E-state index contributed by atoms with van der Waals surface area (Å²) in [4.78, 5) is 3.65. The highest BCUT2D eigenvalue weighted by Gasteiger charge is 2.26. The van der Waals surface area contributed by atoms with Crippen molar-refractivity contribution in [1.29, 1.82) is 0 Å². The minimum atomic E-state index is 0.512. The number of rotatable bonds is 4. The van der Waals surface area contributed by atoms with E-state index in [2.05, 4.69) is 48.4 Å². The molecule has 19 heavy (non-hydrogen) atoms. The van der Waals surface area contributed by atoms with Gasteiger partial charge in [-0.05, 0) is 31.4 Å². The van der Waals surface area contributed by atoms with Gasteiger partial charge in [-0.15, -0.1) is 0 Å². The zero-order valence-electron chi connectivity index (χ0n) is 12.0. The quantitative estimate of drug-likeness (QED) is 0.783. The van der Waals surface area contributed by atoms with Crippen LogP contribution in [0, 0.1) is 0 Å². The van der Waals surface area contributed by atoms with Crippen LogP contribution in [0.25, 0.3) is 10.9 Å². The molecule has 0 saturated carbocycles. The van der Waals surface area contributed by atoms with Crippen LogP contribution in [0.3, 0.4) is 0 Å². The molecule has 0 aliphatic carbocycles. The number of unbranched alkanes of at least 4 members (excludes halogenated alkanes) is 2. The van der Waals surface area contributed by atoms with E-state index in [1.165, 1.54) is 42.3 Å². The first kappa shape index (κ1) is 12.7. The van der Waals surface area contributed by atoms with E-state index in [1.54, 1.807) is 5.56 Å². The van der Waals surface area contributed by atoms with Crippen molar-refractivity contribution >= 4 is 10.9 Å². The molecule has 0 bridgehead atoms. The Balaban J connectivity index is 1.93. The van der Waals surface area contributed by atoms with E-state index in [9.17, 15) is 0 Å². The van der Waals surface area contributed by atoms with Crippen LogP contribution in [0.4, 0.5) is 0 Å². The fourth-order valence-corrected chi connectivity index (χ4v) is 3.36. The Labute approximate surface area is 115 Å². The van der Waals surface area contributed by atoms with Gasteiger partial charge in [0.1, 0.15) is 0 Å². The maximum Gasteiger partial charge on any atom is 0.0478 e. The van der Waals surface area contributed by atoms with Crippen molar-refractivity contribution in [3.05, 3.63) is 35.5 Å². The van der Waals surface area contributed by atoms with E-state index >= 15 is 0 Å². The molecule has 2 heterocycles. The maximum atomic E-state index is 3.76. The Morgan fingerprint density at radius 3 is 2.89 bits per heavy atom. The Bertz CT molecular complexity index is 555. The van der Waals surface area contributed by atoms with E-state index in [0.717, 1.165) is 6.42 Å². The van der Waals surface area contributed by atoms with Crippen molar-refractivity contribution in [2.24, 2.45) is 0 Å². The number of hydrogen-bond acceptors (Lipinski definition) is 1. The van der Waals surface area contributed by atoms with Gasteiger partial charge in [-0.3, -0.25) is 0 Å². The minimum Gasteiger partial charge on any atom is -0.357 e. The first-order chi connectivity index (χ1) is 9.29. The number of benzene rings is 1. The summed E-state index contributed by atoms with van der Waals surface area (Å²) in [7, 11) is 0. The molecule has 3 rings (SSSR count). The fourth-order valence-electron chi connectivity index (χ4n) is 3.36. The van der Waals surface area contributed by atoms with Crippen LogP contribution in [0.2, 0.25) is 0 Å². The van der Waals surface area contributed by atoms with Gasteiger partial charge in [-0.25, -0.2) is 0 Å². The number of aromatic amines is 1. The Morgan fingerprint density at radius 2 is 2.05 bits per heavy atom. The second-order valence-corrected chi connectivity index (χ2v) is 5.88. The molecule has 0 fully saturated rings. The minimum absolute atomic E-state index is 0.512. The predicted octanol–water partition coefficient (Wildman–Crippen LogP) is 4.32. The van der Waals surface area contributed by atoms with Crippen LogP contribution >= 0.6 is 0 Å². The average Bonchev–Trinajstić information content (AvgIpc) is 2.78. The molecular weight excluding hydrogens is 232 g/mol. The molecule has 2 N–H and O–H groups in total. The standard InChI is InChI=1S/C17H24N2/c1-3-4-5-10-16-17-14(11-12(2)18-16)13-8-6-7-9-15(13)19-17/h6-9,12,16,18-19H,3-5,10-11H2,1-2H3. The molecule has 0 spiro atoms. The number of H-pyrrole nitrogens is 1. The van der Waals surface area contributed by atoms with E-state index in [0.29, 0.717) is 12.1 Å². The summed E-state index contributed by atoms with van der Waals surface area (Å²) in [5, 5.41) is 5.18. The number of hydrogen-bond donors (Lipinski definition) is 2. The largest absolute Gasteiger partial charge is 0.357 e. The Morgan fingerprint density at radius 1 is 1.21 bits per heavy atom. The zero-order valence-corrected chi connectivity index (χ0v) is 12.0. The van der Waals surface area contributed by atoms with E-state index < -0.39 is 0 Å². The fraction of sp³-hybridized carbons (Fsp3) is 0.529. The molecule has 2 aromatic rings. The summed E-state index contributed by atoms with van der Waals surface area (Å²) >= 11 is 0. The summed E-state index contributed by atoms with van der Waals surface area (Å²) in [6.07, 6.45) is 6.33. The molecule has 1 aromatic carbocycles. The van der Waals surface area contributed by atoms with E-state index in [-0.39, 0.29) is 0 Å². The average molecular weight is 256 g/mol. The van der Waals surface area contributed by atoms with E-state index in [1.807, 2.05) is 0 Å². The van der Waals surface area contributed by atoms with Gasteiger partial charge in [0.2, 0.25) is 0 Å². The lowest BCUT2D eigenvalue weighted by Crippen LogP contribution is -2.37. The van der Waals surface area contributed by atoms with E-state index in [4.69, 9.17) is 0 Å². The lowest BCUT2D eigenvalue weighted by atomic mass is 9.92. The third-order valence-corrected chi connectivity index (χ3v) is 4.29. The number of fused-ring (bicyclic) bond motifs is 3. The molecule has 1 aromatic heterocycles. The highest BCUT2D eigenvalue weighted by molar-refractivity contribution is 5.85. The monoisotopic (exact) mass is 256 g/mol. The first-order valence-corrected chi connectivity index (χ1v) is 7.65. The molecule has 0 radical (unpaired) electrons. The molecular formula is C17H24N2. The van der Waals surface area contributed by atoms with Crippen LogP contribution < -0.4 is 5.32 Å². The summed E-state index contributed by atoms with van der Waals surface area (Å²) in [5.74, 6) is 0. The summed E-state index contributed by atoms with van der Waals surface area (Å²) in [6.45, 7) is 4.57. The Kier molecular flexibility index (Phi) is 3.61. The number of aromatic nitrogens is 1. The molecule has 0 amide bonds. The normalized spacial score (nSPS) is 22.6. The second kappa shape index (κ2) is 5.38. The summed E-state index contributed by atoms with van der Waals surface area (Å²) in [5.41, 5.74) is 4.28. The van der Waals surface area contributed by atoms with Gasteiger partial charge in [0.05, 0.1) is 0 Å². The number of nitrogens with one attached hydrogen (secondary N) is 2. The topological polar surface area (TPSA) is 27.8 Å². The molecule has 102 valence electrons. The second-order valence-electron chi connectivity index (χ2n) is 5.88. The molecule has 2 nitrogen and oxygen atoms in total. The van der Waals surface area contributed by atoms with Gasteiger partial charge in [-0.2, -0.15) is 0 Å². The SMILES string of the molecule is CCCCCC1NC(C)Cc2c1[nH]c1ccccc21. The van der Waals surface area contributed by atoms with Gasteiger partial charge in [0.15, 0.2) is 0 Å². The summed E-state index contributed by atoms with van der Waals surface area (Å²) in [6, 6.07) is 9.81. The molecule has 1 aliphatic rings. The smallest absolute Gasteiger partial charge is 0.0478 e. The highest BCUT2D eigenvalue weighted by atomic mass is 15.0. The third-order valence-electron chi connectivity index (χ3n) is 4.29. The molecule has 0 saturated heterocycles. The zero-order chi connectivity index (χ0) is 13.2. The lowest BCUT2D eigenvalue weighted by Gasteiger charge is -2.29. The van der Waals surface area contributed by atoms with Crippen molar-refractivity contribution in [2.75, 3.05) is 0 Å². The summed E-state index contributed by atoms with van der Waals surface area (Å²) < 4.78 is 0. The number of para-hydroxylation sites is 1. The van der Waals surface area contributed by atoms with Gasteiger partial charge < -0.3 is 10.3 Å². The predicted molar refractivity (Wildman–Crippen MR) is 81.5 cm³/mol. The van der Waals surface area contributed by atoms with Crippen molar-refractivity contribution in [3.8, 4) is 0 Å². The van der Waals surface area contributed by atoms with Gasteiger partial charge in [0, 0.05) is 28.7 Å². The van der Waals surface area contributed by atoms with Crippen LogP contribution in [0.1, 0.15) is 56.8 Å². The van der Waals surface area contributed by atoms with Gasteiger partial charge >= 0.3 is 0 Å².